The van der Waals surface area contributed by atoms with Gasteiger partial charge >= 0.3 is 0 Å². The minimum atomic E-state index is 0.672. The van der Waals surface area contributed by atoms with Gasteiger partial charge in [0.2, 0.25) is 0 Å². The van der Waals surface area contributed by atoms with E-state index in [2.05, 4.69) is 53.0 Å². The molecule has 1 aromatic carbocycles. The molecule has 20 heavy (non-hydrogen) atoms. The SMILES string of the molecule is Cc1cc(C)cc(-c2nc3cc(C)c(Br)cn3c2N)c1. The van der Waals surface area contributed by atoms with Crippen molar-refractivity contribution >= 4 is 27.4 Å². The first kappa shape index (κ1) is 13.2. The number of nitrogens with zero attached hydrogens (tertiary/aromatic N) is 2. The molecule has 102 valence electrons. The van der Waals surface area contributed by atoms with Gasteiger partial charge < -0.3 is 5.73 Å². The third kappa shape index (κ3) is 2.10. The van der Waals surface area contributed by atoms with Crippen LogP contribution in [0.15, 0.2) is 34.9 Å². The van der Waals surface area contributed by atoms with Crippen LogP contribution in [-0.4, -0.2) is 9.38 Å². The molecule has 0 saturated carbocycles. The highest BCUT2D eigenvalue weighted by Crippen LogP contribution is 2.30. The first-order valence-electron chi connectivity index (χ1n) is 6.48. The Bertz CT molecular complexity index is 798. The standard InChI is InChI=1S/C16H16BrN3/c1-9-4-10(2)6-12(5-9)15-16(18)20-8-13(17)11(3)7-14(20)19-15/h4-8H,18H2,1-3H3. The Kier molecular flexibility index (Phi) is 3.05. The van der Waals surface area contributed by atoms with Gasteiger partial charge in [-0.2, -0.15) is 0 Å². The van der Waals surface area contributed by atoms with Crippen LogP contribution in [0.2, 0.25) is 0 Å². The maximum atomic E-state index is 6.27. The molecule has 0 fully saturated rings. The van der Waals surface area contributed by atoms with Gasteiger partial charge in [-0.1, -0.05) is 17.2 Å². The number of pyridine rings is 1. The number of anilines is 1. The Morgan fingerprint density at radius 3 is 2.35 bits per heavy atom. The zero-order chi connectivity index (χ0) is 14.4. The van der Waals surface area contributed by atoms with E-state index in [0.717, 1.165) is 26.9 Å². The number of imidazole rings is 1. The molecule has 3 rings (SSSR count). The molecule has 2 heterocycles. The fourth-order valence-corrected chi connectivity index (χ4v) is 2.82. The van der Waals surface area contributed by atoms with E-state index in [4.69, 9.17) is 5.73 Å². The molecule has 0 atom stereocenters. The van der Waals surface area contributed by atoms with Gasteiger partial charge in [-0.3, -0.25) is 4.40 Å². The van der Waals surface area contributed by atoms with Gasteiger partial charge in [0.05, 0.1) is 0 Å². The van der Waals surface area contributed by atoms with Gasteiger partial charge in [-0.15, -0.1) is 0 Å². The van der Waals surface area contributed by atoms with Crippen molar-refractivity contribution < 1.29 is 0 Å². The summed E-state index contributed by atoms with van der Waals surface area (Å²) in [6.45, 7) is 6.22. The molecule has 0 unspecified atom stereocenters. The molecule has 0 spiro atoms. The van der Waals surface area contributed by atoms with Crippen molar-refractivity contribution in [1.82, 2.24) is 9.38 Å². The number of halogens is 1. The smallest absolute Gasteiger partial charge is 0.139 e. The second-order valence-electron chi connectivity index (χ2n) is 5.25. The second kappa shape index (κ2) is 4.63. The summed E-state index contributed by atoms with van der Waals surface area (Å²) >= 11 is 3.54. The van der Waals surface area contributed by atoms with Gasteiger partial charge in [-0.25, -0.2) is 4.98 Å². The summed E-state index contributed by atoms with van der Waals surface area (Å²) in [6, 6.07) is 8.42. The third-order valence-corrected chi connectivity index (χ3v) is 4.27. The first-order valence-corrected chi connectivity index (χ1v) is 7.27. The molecule has 0 radical (unpaired) electrons. The van der Waals surface area contributed by atoms with Crippen molar-refractivity contribution in [3.8, 4) is 11.3 Å². The highest BCUT2D eigenvalue weighted by atomic mass is 79.9. The average Bonchev–Trinajstić information content (AvgIpc) is 2.66. The maximum Gasteiger partial charge on any atom is 0.139 e. The highest BCUT2D eigenvalue weighted by molar-refractivity contribution is 9.10. The number of aromatic nitrogens is 2. The summed E-state index contributed by atoms with van der Waals surface area (Å²) in [5.41, 5.74) is 12.6. The van der Waals surface area contributed by atoms with Crippen LogP contribution in [0.1, 0.15) is 16.7 Å². The Morgan fingerprint density at radius 1 is 1.05 bits per heavy atom. The first-order chi connectivity index (χ1) is 9.45. The van der Waals surface area contributed by atoms with Crippen LogP contribution in [0.3, 0.4) is 0 Å². The predicted molar refractivity (Wildman–Crippen MR) is 87.0 cm³/mol. The highest BCUT2D eigenvalue weighted by Gasteiger charge is 2.13. The maximum absolute atomic E-state index is 6.27. The van der Waals surface area contributed by atoms with Gasteiger partial charge in [0.25, 0.3) is 0 Å². The zero-order valence-electron chi connectivity index (χ0n) is 11.7. The molecule has 0 aliphatic rings. The number of nitrogens with two attached hydrogens (primary N) is 1. The Labute approximate surface area is 126 Å². The Balaban J connectivity index is 2.29. The summed E-state index contributed by atoms with van der Waals surface area (Å²) in [6.07, 6.45) is 1.97. The van der Waals surface area contributed by atoms with Crippen molar-refractivity contribution in [2.75, 3.05) is 5.73 Å². The minimum absolute atomic E-state index is 0.672. The van der Waals surface area contributed by atoms with Crippen LogP contribution < -0.4 is 5.73 Å². The number of benzene rings is 1. The van der Waals surface area contributed by atoms with Crippen LogP contribution >= 0.6 is 15.9 Å². The van der Waals surface area contributed by atoms with E-state index in [1.54, 1.807) is 0 Å². The number of hydrogen-bond donors (Lipinski definition) is 1. The molecule has 0 amide bonds. The van der Waals surface area contributed by atoms with E-state index >= 15 is 0 Å². The average molecular weight is 330 g/mol. The van der Waals surface area contributed by atoms with E-state index < -0.39 is 0 Å². The van der Waals surface area contributed by atoms with Gasteiger partial charge in [0, 0.05) is 16.2 Å². The van der Waals surface area contributed by atoms with E-state index in [1.807, 2.05) is 23.6 Å². The largest absolute Gasteiger partial charge is 0.383 e. The molecule has 0 saturated heterocycles. The van der Waals surface area contributed by atoms with Crippen LogP contribution in [-0.2, 0) is 0 Å². The quantitative estimate of drug-likeness (QED) is 0.724. The van der Waals surface area contributed by atoms with Crippen LogP contribution in [0.25, 0.3) is 16.9 Å². The van der Waals surface area contributed by atoms with E-state index in [1.165, 1.54) is 11.1 Å². The summed E-state index contributed by atoms with van der Waals surface area (Å²) in [4.78, 5) is 4.68. The zero-order valence-corrected chi connectivity index (χ0v) is 13.3. The van der Waals surface area contributed by atoms with Crippen molar-refractivity contribution in [1.29, 1.82) is 0 Å². The Hall–Kier alpha value is -1.81. The number of nitrogen functional groups attached to an aromatic ring is 1. The lowest BCUT2D eigenvalue weighted by Gasteiger charge is -2.04. The van der Waals surface area contributed by atoms with Gasteiger partial charge in [0.15, 0.2) is 0 Å². The molecule has 0 aliphatic carbocycles. The molecule has 0 aliphatic heterocycles. The summed E-state index contributed by atoms with van der Waals surface area (Å²) in [5, 5.41) is 0. The number of fused-ring (bicyclic) bond motifs is 1. The number of aryl methyl sites for hydroxylation is 3. The lowest BCUT2D eigenvalue weighted by atomic mass is 10.1. The van der Waals surface area contributed by atoms with Crippen LogP contribution in [0.5, 0.6) is 0 Å². The number of rotatable bonds is 1. The van der Waals surface area contributed by atoms with Crippen molar-refractivity contribution in [2.45, 2.75) is 20.8 Å². The van der Waals surface area contributed by atoms with Crippen molar-refractivity contribution in [2.24, 2.45) is 0 Å². The lowest BCUT2D eigenvalue weighted by molar-refractivity contribution is 1.16. The molecule has 2 aromatic heterocycles. The van der Waals surface area contributed by atoms with E-state index in [-0.39, 0.29) is 0 Å². The summed E-state index contributed by atoms with van der Waals surface area (Å²) in [7, 11) is 0. The van der Waals surface area contributed by atoms with Gasteiger partial charge in [0.1, 0.15) is 17.2 Å². The van der Waals surface area contributed by atoms with Crippen molar-refractivity contribution in [3.05, 3.63) is 51.6 Å². The van der Waals surface area contributed by atoms with Crippen LogP contribution in [0, 0.1) is 20.8 Å². The number of hydrogen-bond acceptors (Lipinski definition) is 2. The van der Waals surface area contributed by atoms with Crippen LogP contribution in [0.4, 0.5) is 5.82 Å². The molecule has 4 heteroatoms. The molecule has 0 bridgehead atoms. The predicted octanol–water partition coefficient (Wildman–Crippen LogP) is 4.27. The molecule has 3 aromatic rings. The topological polar surface area (TPSA) is 43.3 Å². The molecular weight excluding hydrogens is 314 g/mol. The van der Waals surface area contributed by atoms with Crippen molar-refractivity contribution in [3.63, 3.8) is 0 Å². The lowest BCUT2D eigenvalue weighted by Crippen LogP contribution is -1.95. The fourth-order valence-electron chi connectivity index (χ4n) is 2.50. The Morgan fingerprint density at radius 2 is 1.70 bits per heavy atom. The molecular formula is C16H16BrN3. The third-order valence-electron chi connectivity index (χ3n) is 3.44. The fraction of sp³-hybridized carbons (Fsp3) is 0.188. The summed E-state index contributed by atoms with van der Waals surface area (Å²) in [5.74, 6) is 0.672. The second-order valence-corrected chi connectivity index (χ2v) is 6.11. The van der Waals surface area contributed by atoms with Gasteiger partial charge in [-0.05, 0) is 60.5 Å². The monoisotopic (exact) mass is 329 g/mol. The molecule has 2 N–H and O–H groups in total. The van der Waals surface area contributed by atoms with E-state index in [0.29, 0.717) is 5.82 Å². The minimum Gasteiger partial charge on any atom is -0.383 e. The summed E-state index contributed by atoms with van der Waals surface area (Å²) < 4.78 is 2.95. The van der Waals surface area contributed by atoms with E-state index in [9.17, 15) is 0 Å². The normalized spacial score (nSPS) is 11.2. The molecule has 3 nitrogen and oxygen atoms in total.